The van der Waals surface area contributed by atoms with Crippen LogP contribution in [-0.4, -0.2) is 26.6 Å². The monoisotopic (exact) mass is 241 g/mol. The number of nitrogens with one attached hydrogen (secondary N) is 1. The van der Waals surface area contributed by atoms with Gasteiger partial charge in [0.1, 0.15) is 11.7 Å². The zero-order chi connectivity index (χ0) is 11.1. The first-order valence-electron chi connectivity index (χ1n) is 4.85. The molecule has 88 valence electrons. The molecule has 0 aliphatic rings. The van der Waals surface area contributed by atoms with Gasteiger partial charge in [-0.2, -0.15) is 0 Å². The van der Waals surface area contributed by atoms with Crippen LogP contribution in [0.15, 0.2) is 24.3 Å². The van der Waals surface area contributed by atoms with Crippen molar-refractivity contribution in [2.24, 2.45) is 0 Å². The first-order valence-corrected chi connectivity index (χ1v) is 4.85. The summed E-state index contributed by atoms with van der Waals surface area (Å²) in [6, 6.07) is 7.47. The molecule has 0 fully saturated rings. The second kappa shape index (κ2) is 7.94. The fraction of sp³-hybridized carbons (Fsp3) is 0.333. The minimum absolute atomic E-state index is 0. The molecule has 0 bridgehead atoms. The van der Waals surface area contributed by atoms with Crippen LogP contribution in [0.3, 0.4) is 0 Å². The summed E-state index contributed by atoms with van der Waals surface area (Å²) in [5.74, 6) is 2.69. The summed E-state index contributed by atoms with van der Waals surface area (Å²) in [6.45, 7) is 0.753. The average Bonchev–Trinajstić information content (AvgIpc) is 2.30. The van der Waals surface area contributed by atoms with E-state index in [1.807, 2.05) is 37.3 Å². The Kier molecular flexibility index (Phi) is 7.31. The summed E-state index contributed by atoms with van der Waals surface area (Å²) in [5.41, 5.74) is 1.46. The smallest absolute Gasteiger partial charge is 0.128 e. The number of rotatable bonds is 5. The van der Waals surface area contributed by atoms with E-state index in [-0.39, 0.29) is 12.4 Å². The highest BCUT2D eigenvalue weighted by Gasteiger charge is 2.07. The predicted molar refractivity (Wildman–Crippen MR) is 67.9 cm³/mol. The van der Waals surface area contributed by atoms with Gasteiger partial charge in [0.2, 0.25) is 0 Å². The molecule has 3 nitrogen and oxygen atoms in total. The standard InChI is InChI=1S/C12H15NO2.ClH/c1-13-8-7-10(9-14)11-5-3-4-6-12(11)15-2;/h3-6,13H,7-8H2,1-2H3;1H. The Balaban J connectivity index is 0.00000225. The van der Waals surface area contributed by atoms with Gasteiger partial charge in [0, 0.05) is 11.1 Å². The Labute approximate surface area is 102 Å². The molecular weight excluding hydrogens is 226 g/mol. The maximum Gasteiger partial charge on any atom is 0.128 e. The molecule has 0 aromatic heterocycles. The van der Waals surface area contributed by atoms with E-state index in [9.17, 15) is 4.79 Å². The van der Waals surface area contributed by atoms with E-state index < -0.39 is 0 Å². The number of hydrogen-bond donors (Lipinski definition) is 1. The van der Waals surface area contributed by atoms with E-state index in [0.29, 0.717) is 17.7 Å². The number of para-hydroxylation sites is 1. The maximum absolute atomic E-state index is 10.8. The van der Waals surface area contributed by atoms with Crippen LogP contribution < -0.4 is 10.1 Å². The van der Waals surface area contributed by atoms with Crippen molar-refractivity contribution in [1.29, 1.82) is 0 Å². The van der Waals surface area contributed by atoms with Crippen molar-refractivity contribution >= 4 is 23.9 Å². The summed E-state index contributed by atoms with van der Waals surface area (Å²) in [7, 11) is 3.45. The van der Waals surface area contributed by atoms with Crippen LogP contribution in [0, 0.1) is 0 Å². The molecule has 1 rings (SSSR count). The SMILES string of the molecule is CNCCC(=C=O)c1ccccc1OC.Cl. The molecule has 1 aromatic rings. The molecule has 0 unspecified atom stereocenters. The molecule has 1 aromatic carbocycles. The zero-order valence-corrected chi connectivity index (χ0v) is 10.3. The molecule has 0 heterocycles. The molecule has 0 amide bonds. The summed E-state index contributed by atoms with van der Waals surface area (Å²) in [5, 5.41) is 3.00. The molecule has 0 saturated heterocycles. The molecule has 4 heteroatoms. The molecule has 0 spiro atoms. The van der Waals surface area contributed by atoms with Gasteiger partial charge in [-0.3, -0.25) is 0 Å². The lowest BCUT2D eigenvalue weighted by Crippen LogP contribution is -2.08. The van der Waals surface area contributed by atoms with Gasteiger partial charge in [-0.1, -0.05) is 18.2 Å². The average molecular weight is 242 g/mol. The Morgan fingerprint density at radius 3 is 2.69 bits per heavy atom. The van der Waals surface area contributed by atoms with Gasteiger partial charge in [0.15, 0.2) is 0 Å². The van der Waals surface area contributed by atoms with Gasteiger partial charge in [0.25, 0.3) is 0 Å². The number of methoxy groups -OCH3 is 1. The molecule has 0 aliphatic carbocycles. The van der Waals surface area contributed by atoms with Gasteiger partial charge in [-0.15, -0.1) is 12.4 Å². The minimum Gasteiger partial charge on any atom is -0.496 e. The summed E-state index contributed by atoms with van der Waals surface area (Å²) in [6.07, 6.45) is 0.653. The highest BCUT2D eigenvalue weighted by Crippen LogP contribution is 2.25. The first-order chi connectivity index (χ1) is 7.33. The predicted octanol–water partition coefficient (Wildman–Crippen LogP) is 1.94. The number of halogens is 1. The van der Waals surface area contributed by atoms with Crippen LogP contribution in [0.25, 0.3) is 5.57 Å². The van der Waals surface area contributed by atoms with Crippen molar-refractivity contribution in [2.75, 3.05) is 20.7 Å². The van der Waals surface area contributed by atoms with Gasteiger partial charge >= 0.3 is 0 Å². The third-order valence-electron chi connectivity index (χ3n) is 2.18. The van der Waals surface area contributed by atoms with Gasteiger partial charge in [-0.25, -0.2) is 4.79 Å². The molecule has 0 radical (unpaired) electrons. The maximum atomic E-state index is 10.8. The van der Waals surface area contributed by atoms with Crippen LogP contribution >= 0.6 is 12.4 Å². The van der Waals surface area contributed by atoms with Crippen molar-refractivity contribution in [3.8, 4) is 5.75 Å². The van der Waals surface area contributed by atoms with Crippen molar-refractivity contribution in [3.05, 3.63) is 29.8 Å². The molecule has 0 atom stereocenters. The fourth-order valence-electron chi connectivity index (χ4n) is 1.38. The van der Waals surface area contributed by atoms with E-state index in [1.54, 1.807) is 7.11 Å². The Morgan fingerprint density at radius 1 is 1.44 bits per heavy atom. The van der Waals surface area contributed by atoms with E-state index in [0.717, 1.165) is 12.1 Å². The van der Waals surface area contributed by atoms with Crippen molar-refractivity contribution < 1.29 is 9.53 Å². The quantitative estimate of drug-likeness (QED) is 0.801. The van der Waals surface area contributed by atoms with Gasteiger partial charge < -0.3 is 10.1 Å². The lowest BCUT2D eigenvalue weighted by Gasteiger charge is -2.08. The second-order valence-corrected chi connectivity index (χ2v) is 3.13. The second-order valence-electron chi connectivity index (χ2n) is 3.13. The molecule has 1 N–H and O–H groups in total. The Hall–Kier alpha value is -1.28. The normalized spacial score (nSPS) is 8.88. The highest BCUT2D eigenvalue weighted by molar-refractivity contribution is 5.89. The largest absolute Gasteiger partial charge is 0.496 e. The van der Waals surface area contributed by atoms with Crippen molar-refractivity contribution in [1.82, 2.24) is 5.32 Å². The lowest BCUT2D eigenvalue weighted by molar-refractivity contribution is 0.413. The molecule has 0 aliphatic heterocycles. The molecule has 0 saturated carbocycles. The minimum atomic E-state index is 0. The fourth-order valence-corrected chi connectivity index (χ4v) is 1.38. The van der Waals surface area contributed by atoms with Gasteiger partial charge in [0.05, 0.1) is 7.11 Å². The van der Waals surface area contributed by atoms with Crippen molar-refractivity contribution in [2.45, 2.75) is 6.42 Å². The molecule has 16 heavy (non-hydrogen) atoms. The number of ether oxygens (including phenoxy) is 1. The van der Waals surface area contributed by atoms with E-state index in [1.165, 1.54) is 0 Å². The molecular formula is C12H16ClNO2. The van der Waals surface area contributed by atoms with Crippen LogP contribution in [0.5, 0.6) is 5.75 Å². The summed E-state index contributed by atoms with van der Waals surface area (Å²) < 4.78 is 5.19. The Bertz CT molecular complexity index is 373. The zero-order valence-electron chi connectivity index (χ0n) is 9.45. The summed E-state index contributed by atoms with van der Waals surface area (Å²) >= 11 is 0. The van der Waals surface area contributed by atoms with Crippen LogP contribution in [0.1, 0.15) is 12.0 Å². The van der Waals surface area contributed by atoms with Gasteiger partial charge in [-0.05, 0) is 26.1 Å². The number of carbonyl (C=O) groups excluding carboxylic acids is 1. The Morgan fingerprint density at radius 2 is 2.12 bits per heavy atom. The topological polar surface area (TPSA) is 38.3 Å². The van der Waals surface area contributed by atoms with Crippen LogP contribution in [-0.2, 0) is 4.79 Å². The highest BCUT2D eigenvalue weighted by atomic mass is 35.5. The third kappa shape index (κ3) is 3.70. The van der Waals surface area contributed by atoms with Crippen LogP contribution in [0.4, 0.5) is 0 Å². The summed E-state index contributed by atoms with van der Waals surface area (Å²) in [4.78, 5) is 10.8. The third-order valence-corrected chi connectivity index (χ3v) is 2.18. The first kappa shape index (κ1) is 14.7. The van der Waals surface area contributed by atoms with E-state index in [2.05, 4.69) is 5.32 Å². The van der Waals surface area contributed by atoms with Crippen molar-refractivity contribution in [3.63, 3.8) is 0 Å². The number of benzene rings is 1. The van der Waals surface area contributed by atoms with E-state index in [4.69, 9.17) is 4.74 Å². The number of hydrogen-bond acceptors (Lipinski definition) is 3. The lowest BCUT2D eigenvalue weighted by atomic mass is 10.0. The van der Waals surface area contributed by atoms with Crippen LogP contribution in [0.2, 0.25) is 0 Å². The van der Waals surface area contributed by atoms with E-state index >= 15 is 0 Å².